The predicted molar refractivity (Wildman–Crippen MR) is 60.2 cm³/mol. The van der Waals surface area contributed by atoms with Crippen LogP contribution >= 0.6 is 0 Å². The first-order valence-electron chi connectivity index (χ1n) is 5.58. The van der Waals surface area contributed by atoms with E-state index in [-0.39, 0.29) is 18.4 Å². The summed E-state index contributed by atoms with van der Waals surface area (Å²) < 4.78 is 0. The Morgan fingerprint density at radius 2 is 2.44 bits per heavy atom. The van der Waals surface area contributed by atoms with Crippen LogP contribution in [0.2, 0.25) is 0 Å². The molecule has 0 aliphatic carbocycles. The van der Waals surface area contributed by atoms with Crippen LogP contribution in [0.25, 0.3) is 0 Å². The van der Waals surface area contributed by atoms with Crippen LogP contribution in [-0.2, 0) is 4.79 Å². The van der Waals surface area contributed by atoms with Crippen molar-refractivity contribution in [3.05, 3.63) is 11.8 Å². The maximum absolute atomic E-state index is 11.7. The molecule has 2 N–H and O–H groups in total. The molecule has 1 aliphatic rings. The Morgan fingerprint density at radius 1 is 1.69 bits per heavy atom. The summed E-state index contributed by atoms with van der Waals surface area (Å²) in [6.45, 7) is 4.76. The number of rotatable bonds is 3. The van der Waals surface area contributed by atoms with Crippen molar-refractivity contribution in [1.82, 2.24) is 10.2 Å². The summed E-state index contributed by atoms with van der Waals surface area (Å²) in [5.74, 6) is 1.13. The van der Waals surface area contributed by atoms with Crippen LogP contribution in [0, 0.1) is 5.92 Å². The minimum atomic E-state index is 0.0425. The molecule has 1 aromatic heterocycles. The van der Waals surface area contributed by atoms with E-state index in [9.17, 15) is 4.79 Å². The molecule has 0 saturated carbocycles. The zero-order chi connectivity index (χ0) is 11.7. The van der Waals surface area contributed by atoms with E-state index in [2.05, 4.69) is 24.0 Å². The van der Waals surface area contributed by atoms with Gasteiger partial charge >= 0.3 is 0 Å². The van der Waals surface area contributed by atoms with Gasteiger partial charge in [0.15, 0.2) is 5.82 Å². The van der Waals surface area contributed by atoms with Gasteiger partial charge in [-0.3, -0.25) is 14.8 Å². The van der Waals surface area contributed by atoms with Crippen LogP contribution in [0.15, 0.2) is 6.07 Å². The van der Waals surface area contributed by atoms with Crippen LogP contribution in [0.3, 0.4) is 0 Å². The number of aliphatic hydroxyl groups excluding tert-OH is 1. The molecule has 16 heavy (non-hydrogen) atoms. The summed E-state index contributed by atoms with van der Waals surface area (Å²) in [6, 6.07) is 1.91. The first kappa shape index (κ1) is 11.1. The Morgan fingerprint density at radius 3 is 2.94 bits per heavy atom. The topological polar surface area (TPSA) is 69.2 Å². The molecule has 1 atom stereocenters. The van der Waals surface area contributed by atoms with Crippen molar-refractivity contribution in [2.24, 2.45) is 5.92 Å². The number of aromatic nitrogens is 2. The van der Waals surface area contributed by atoms with Gasteiger partial charge in [-0.1, -0.05) is 13.8 Å². The van der Waals surface area contributed by atoms with E-state index in [0.717, 1.165) is 5.69 Å². The van der Waals surface area contributed by atoms with Gasteiger partial charge in [0.05, 0.1) is 0 Å². The molecule has 0 aromatic carbocycles. The Labute approximate surface area is 94.5 Å². The molecular weight excluding hydrogens is 206 g/mol. The third kappa shape index (κ3) is 1.95. The van der Waals surface area contributed by atoms with Gasteiger partial charge in [0.1, 0.15) is 0 Å². The molecule has 88 valence electrons. The van der Waals surface area contributed by atoms with Gasteiger partial charge in [0.25, 0.3) is 0 Å². The summed E-state index contributed by atoms with van der Waals surface area (Å²) in [6.07, 6.45) is 0.417. The van der Waals surface area contributed by atoms with Crippen molar-refractivity contribution < 1.29 is 9.90 Å². The second kappa shape index (κ2) is 4.25. The molecule has 0 spiro atoms. The molecule has 5 heteroatoms. The maximum atomic E-state index is 11.7. The molecule has 0 radical (unpaired) electrons. The number of anilines is 1. The lowest BCUT2D eigenvalue weighted by atomic mass is 10.1. The number of carbonyl (C=O) groups is 1. The fraction of sp³-hybridized carbons (Fsp3) is 0.636. The summed E-state index contributed by atoms with van der Waals surface area (Å²) in [5, 5.41) is 16.1. The highest BCUT2D eigenvalue weighted by molar-refractivity contribution is 5.94. The van der Waals surface area contributed by atoms with Crippen molar-refractivity contribution >= 4 is 11.7 Å². The van der Waals surface area contributed by atoms with Gasteiger partial charge in [-0.2, -0.15) is 5.10 Å². The van der Waals surface area contributed by atoms with E-state index in [0.29, 0.717) is 24.7 Å². The number of nitrogens with zero attached hydrogens (tertiary/aromatic N) is 2. The lowest BCUT2D eigenvalue weighted by Crippen LogP contribution is -2.25. The molecule has 2 heterocycles. The lowest BCUT2D eigenvalue weighted by molar-refractivity contribution is -0.117. The number of amides is 1. The van der Waals surface area contributed by atoms with Gasteiger partial charge in [-0.15, -0.1) is 0 Å². The Balaban J connectivity index is 2.15. The standard InChI is InChI=1S/C11H17N3O2/c1-7(2)9-4-10(13-12-9)14-5-8(6-15)3-11(14)16/h4,7-8,15H,3,5-6H2,1-2H3,(H,12,13). The number of hydrogen-bond donors (Lipinski definition) is 2. The third-order valence-electron chi connectivity index (χ3n) is 2.95. The van der Waals surface area contributed by atoms with Crippen LogP contribution in [0.5, 0.6) is 0 Å². The molecule has 1 aliphatic heterocycles. The van der Waals surface area contributed by atoms with E-state index in [1.165, 1.54) is 0 Å². The minimum absolute atomic E-state index is 0.0425. The van der Waals surface area contributed by atoms with Gasteiger partial charge in [-0.25, -0.2) is 0 Å². The van der Waals surface area contributed by atoms with Crippen molar-refractivity contribution in [1.29, 1.82) is 0 Å². The number of aromatic amines is 1. The first-order valence-corrected chi connectivity index (χ1v) is 5.58. The highest BCUT2D eigenvalue weighted by Gasteiger charge is 2.31. The van der Waals surface area contributed by atoms with Crippen LogP contribution in [0.4, 0.5) is 5.82 Å². The average Bonchev–Trinajstić information content (AvgIpc) is 2.83. The molecule has 1 amide bonds. The molecule has 5 nitrogen and oxygen atoms in total. The van der Waals surface area contributed by atoms with E-state index in [1.807, 2.05) is 6.07 Å². The summed E-state index contributed by atoms with van der Waals surface area (Å²) in [7, 11) is 0. The fourth-order valence-corrected chi connectivity index (χ4v) is 1.88. The number of nitrogens with one attached hydrogen (secondary N) is 1. The summed E-state index contributed by atoms with van der Waals surface area (Å²) in [5.41, 5.74) is 1.02. The third-order valence-corrected chi connectivity index (χ3v) is 2.95. The van der Waals surface area contributed by atoms with Gasteiger partial charge in [-0.05, 0) is 5.92 Å². The number of carbonyl (C=O) groups excluding carboxylic acids is 1. The van der Waals surface area contributed by atoms with Crippen LogP contribution in [-0.4, -0.2) is 34.4 Å². The van der Waals surface area contributed by atoms with Crippen molar-refractivity contribution in [3.8, 4) is 0 Å². The molecule has 1 fully saturated rings. The SMILES string of the molecule is CC(C)c1cc(N2CC(CO)CC2=O)n[nH]1. The highest BCUT2D eigenvalue weighted by atomic mass is 16.3. The Bertz CT molecular complexity index is 386. The van der Waals surface area contributed by atoms with Crippen molar-refractivity contribution in [2.45, 2.75) is 26.2 Å². The van der Waals surface area contributed by atoms with E-state index < -0.39 is 0 Å². The van der Waals surface area contributed by atoms with Crippen molar-refractivity contribution in [2.75, 3.05) is 18.1 Å². The molecular formula is C11H17N3O2. The fourth-order valence-electron chi connectivity index (χ4n) is 1.88. The number of H-pyrrole nitrogens is 1. The largest absolute Gasteiger partial charge is 0.396 e. The Hall–Kier alpha value is -1.36. The number of hydrogen-bond acceptors (Lipinski definition) is 3. The van der Waals surface area contributed by atoms with Crippen molar-refractivity contribution in [3.63, 3.8) is 0 Å². The van der Waals surface area contributed by atoms with Crippen LogP contribution in [0.1, 0.15) is 31.9 Å². The second-order valence-corrected chi connectivity index (χ2v) is 4.59. The highest BCUT2D eigenvalue weighted by Crippen LogP contribution is 2.25. The quantitative estimate of drug-likeness (QED) is 0.799. The molecule has 1 saturated heterocycles. The lowest BCUT2D eigenvalue weighted by Gasteiger charge is -2.12. The summed E-state index contributed by atoms with van der Waals surface area (Å²) >= 11 is 0. The predicted octanol–water partition coefficient (Wildman–Crippen LogP) is 0.878. The minimum Gasteiger partial charge on any atom is -0.396 e. The normalized spacial score (nSPS) is 21.1. The van der Waals surface area contributed by atoms with E-state index in [1.54, 1.807) is 4.90 Å². The number of aliphatic hydroxyl groups is 1. The zero-order valence-corrected chi connectivity index (χ0v) is 9.60. The zero-order valence-electron chi connectivity index (χ0n) is 9.60. The average molecular weight is 223 g/mol. The van der Waals surface area contributed by atoms with Gasteiger partial charge in [0, 0.05) is 37.3 Å². The van der Waals surface area contributed by atoms with Gasteiger partial charge < -0.3 is 5.11 Å². The van der Waals surface area contributed by atoms with E-state index >= 15 is 0 Å². The van der Waals surface area contributed by atoms with Gasteiger partial charge in [0.2, 0.25) is 5.91 Å². The monoisotopic (exact) mass is 223 g/mol. The smallest absolute Gasteiger partial charge is 0.228 e. The molecule has 2 rings (SSSR count). The Kier molecular flexibility index (Phi) is 2.96. The summed E-state index contributed by atoms with van der Waals surface area (Å²) in [4.78, 5) is 13.3. The molecule has 0 bridgehead atoms. The first-order chi connectivity index (χ1) is 7.61. The molecule has 1 unspecified atom stereocenters. The van der Waals surface area contributed by atoms with E-state index in [4.69, 9.17) is 5.11 Å². The van der Waals surface area contributed by atoms with Crippen LogP contribution < -0.4 is 4.90 Å². The maximum Gasteiger partial charge on any atom is 0.228 e. The molecule has 1 aromatic rings. The second-order valence-electron chi connectivity index (χ2n) is 4.59.